The van der Waals surface area contributed by atoms with Crippen molar-refractivity contribution in [2.45, 2.75) is 6.54 Å². The third-order valence-corrected chi connectivity index (χ3v) is 3.93. The molecule has 0 amide bonds. The van der Waals surface area contributed by atoms with E-state index in [1.54, 1.807) is 18.2 Å². The summed E-state index contributed by atoms with van der Waals surface area (Å²) >= 11 is 0. The second-order valence-corrected chi connectivity index (χ2v) is 5.36. The van der Waals surface area contributed by atoms with Gasteiger partial charge in [-0.05, 0) is 6.07 Å². The van der Waals surface area contributed by atoms with Gasteiger partial charge in [-0.3, -0.25) is 10.1 Å². The van der Waals surface area contributed by atoms with Crippen molar-refractivity contribution in [2.24, 2.45) is 0 Å². The van der Waals surface area contributed by atoms with Gasteiger partial charge < -0.3 is 29.0 Å². The number of nitrogens with one attached hydrogen (secondary N) is 1. The Kier molecular flexibility index (Phi) is 6.53. The molecule has 9 heteroatoms. The standard InChI is InChI=1S/C18H22N2O7/c1-23-14-6-11(13(20(21)22)9-15(14)24-2)10-19-12-7-16(25-3)18(27-5)17(8-12)26-4/h6-9,19H,10H2,1-5H3. The molecular weight excluding hydrogens is 356 g/mol. The van der Waals surface area contributed by atoms with Gasteiger partial charge in [0.05, 0.1) is 52.1 Å². The SMILES string of the molecule is COc1cc(CNc2cc(OC)c(OC)c(OC)c2)c([N+](=O)[O-])cc1OC. The summed E-state index contributed by atoms with van der Waals surface area (Å²) in [5.41, 5.74) is 1.01. The average molecular weight is 378 g/mol. The third-order valence-electron chi connectivity index (χ3n) is 3.93. The summed E-state index contributed by atoms with van der Waals surface area (Å²) in [4.78, 5) is 10.9. The molecule has 0 saturated carbocycles. The molecule has 0 aliphatic heterocycles. The van der Waals surface area contributed by atoms with Crippen LogP contribution in [0.2, 0.25) is 0 Å². The Morgan fingerprint density at radius 3 is 1.78 bits per heavy atom. The Labute approximate surface area is 156 Å². The summed E-state index contributed by atoms with van der Waals surface area (Å²) in [6.07, 6.45) is 0. The van der Waals surface area contributed by atoms with E-state index in [9.17, 15) is 10.1 Å². The van der Waals surface area contributed by atoms with Gasteiger partial charge in [-0.2, -0.15) is 0 Å². The molecule has 0 aliphatic rings. The number of hydrogen-bond acceptors (Lipinski definition) is 8. The highest BCUT2D eigenvalue weighted by Crippen LogP contribution is 2.40. The fourth-order valence-corrected chi connectivity index (χ4v) is 2.60. The summed E-state index contributed by atoms with van der Waals surface area (Å²) in [7, 11) is 7.44. The van der Waals surface area contributed by atoms with Gasteiger partial charge in [0.25, 0.3) is 5.69 Å². The van der Waals surface area contributed by atoms with Gasteiger partial charge >= 0.3 is 0 Å². The van der Waals surface area contributed by atoms with Crippen molar-refractivity contribution in [3.05, 3.63) is 39.9 Å². The second kappa shape index (κ2) is 8.84. The van der Waals surface area contributed by atoms with Gasteiger partial charge in [0.2, 0.25) is 5.75 Å². The van der Waals surface area contributed by atoms with E-state index in [-0.39, 0.29) is 12.2 Å². The lowest BCUT2D eigenvalue weighted by atomic mass is 10.1. The molecule has 0 spiro atoms. The summed E-state index contributed by atoms with van der Waals surface area (Å²) in [5.74, 6) is 2.11. The van der Waals surface area contributed by atoms with Crippen LogP contribution >= 0.6 is 0 Å². The molecule has 2 aromatic carbocycles. The molecule has 0 aliphatic carbocycles. The van der Waals surface area contributed by atoms with Crippen molar-refractivity contribution in [1.29, 1.82) is 0 Å². The number of benzene rings is 2. The normalized spacial score (nSPS) is 10.1. The Morgan fingerprint density at radius 1 is 0.815 bits per heavy atom. The number of ether oxygens (including phenoxy) is 5. The topological polar surface area (TPSA) is 101 Å². The molecule has 2 aromatic rings. The molecule has 9 nitrogen and oxygen atoms in total. The minimum atomic E-state index is -0.464. The van der Waals surface area contributed by atoms with E-state index in [4.69, 9.17) is 23.7 Å². The number of hydrogen-bond donors (Lipinski definition) is 1. The lowest BCUT2D eigenvalue weighted by molar-refractivity contribution is -0.385. The Bertz CT molecular complexity index is 799. The highest BCUT2D eigenvalue weighted by Gasteiger charge is 2.20. The Balaban J connectivity index is 2.37. The second-order valence-electron chi connectivity index (χ2n) is 5.36. The van der Waals surface area contributed by atoms with Crippen LogP contribution in [0, 0.1) is 10.1 Å². The molecule has 0 aromatic heterocycles. The first-order valence-electron chi connectivity index (χ1n) is 7.92. The van der Waals surface area contributed by atoms with Crippen LogP contribution in [0.3, 0.4) is 0 Å². The summed E-state index contributed by atoms with van der Waals surface area (Å²) in [5, 5.41) is 14.5. The predicted molar refractivity (Wildman–Crippen MR) is 99.6 cm³/mol. The maximum absolute atomic E-state index is 11.4. The minimum absolute atomic E-state index is 0.0763. The number of anilines is 1. The lowest BCUT2D eigenvalue weighted by Crippen LogP contribution is -2.05. The number of nitro benzene ring substituents is 1. The van der Waals surface area contributed by atoms with Crippen molar-refractivity contribution in [3.8, 4) is 28.7 Å². The summed E-state index contributed by atoms with van der Waals surface area (Å²) in [6, 6.07) is 6.34. The van der Waals surface area contributed by atoms with Crippen molar-refractivity contribution in [2.75, 3.05) is 40.9 Å². The van der Waals surface area contributed by atoms with Gasteiger partial charge in [0, 0.05) is 24.4 Å². The minimum Gasteiger partial charge on any atom is -0.493 e. The number of methoxy groups -OCH3 is 5. The first-order chi connectivity index (χ1) is 13.0. The van der Waals surface area contributed by atoms with Crippen LogP contribution in [0.5, 0.6) is 28.7 Å². The van der Waals surface area contributed by atoms with E-state index < -0.39 is 4.92 Å². The van der Waals surface area contributed by atoms with Crippen molar-refractivity contribution in [3.63, 3.8) is 0 Å². The fraction of sp³-hybridized carbons (Fsp3) is 0.333. The molecule has 0 saturated heterocycles. The van der Waals surface area contributed by atoms with E-state index in [0.717, 1.165) is 0 Å². The van der Waals surface area contributed by atoms with Crippen molar-refractivity contribution < 1.29 is 28.6 Å². The fourth-order valence-electron chi connectivity index (χ4n) is 2.60. The van der Waals surface area contributed by atoms with Gasteiger partial charge in [0.15, 0.2) is 23.0 Å². The smallest absolute Gasteiger partial charge is 0.278 e. The van der Waals surface area contributed by atoms with Gasteiger partial charge in [-0.25, -0.2) is 0 Å². The maximum atomic E-state index is 11.4. The molecule has 0 bridgehead atoms. The molecule has 0 unspecified atom stereocenters. The molecule has 0 atom stereocenters. The number of nitrogens with zero attached hydrogens (tertiary/aromatic N) is 1. The van der Waals surface area contributed by atoms with Crippen LogP contribution in [-0.4, -0.2) is 40.5 Å². The summed E-state index contributed by atoms with van der Waals surface area (Å²) in [6.45, 7) is 0.176. The van der Waals surface area contributed by atoms with Gasteiger partial charge in [-0.15, -0.1) is 0 Å². The first kappa shape index (κ1) is 20.0. The highest BCUT2D eigenvalue weighted by molar-refractivity contribution is 5.63. The van der Waals surface area contributed by atoms with Crippen LogP contribution in [0.1, 0.15) is 5.56 Å². The largest absolute Gasteiger partial charge is 0.493 e. The molecule has 1 N–H and O–H groups in total. The van der Waals surface area contributed by atoms with Crippen LogP contribution < -0.4 is 29.0 Å². The summed E-state index contributed by atoms with van der Waals surface area (Å²) < 4.78 is 26.3. The Morgan fingerprint density at radius 2 is 1.33 bits per heavy atom. The molecule has 0 radical (unpaired) electrons. The molecule has 2 rings (SSSR count). The van der Waals surface area contributed by atoms with Gasteiger partial charge in [-0.1, -0.05) is 0 Å². The third kappa shape index (κ3) is 4.25. The molecule has 27 heavy (non-hydrogen) atoms. The van der Waals surface area contributed by atoms with Gasteiger partial charge in [0.1, 0.15) is 0 Å². The zero-order valence-corrected chi connectivity index (χ0v) is 15.8. The van der Waals surface area contributed by atoms with Crippen molar-refractivity contribution >= 4 is 11.4 Å². The number of nitro groups is 1. The lowest BCUT2D eigenvalue weighted by Gasteiger charge is -2.15. The highest BCUT2D eigenvalue weighted by atomic mass is 16.6. The van der Waals surface area contributed by atoms with Crippen LogP contribution in [0.15, 0.2) is 24.3 Å². The Hall–Kier alpha value is -3.36. The van der Waals surface area contributed by atoms with E-state index >= 15 is 0 Å². The predicted octanol–water partition coefficient (Wildman–Crippen LogP) is 3.25. The zero-order chi connectivity index (χ0) is 20.0. The zero-order valence-electron chi connectivity index (χ0n) is 15.8. The molecule has 146 valence electrons. The molecule has 0 heterocycles. The molecule has 0 fully saturated rings. The van der Waals surface area contributed by atoms with Crippen LogP contribution in [0.4, 0.5) is 11.4 Å². The molecular formula is C18H22N2O7. The maximum Gasteiger partial charge on any atom is 0.278 e. The van der Waals surface area contributed by atoms with Crippen LogP contribution in [0.25, 0.3) is 0 Å². The first-order valence-corrected chi connectivity index (χ1v) is 7.92. The van der Waals surface area contributed by atoms with E-state index in [1.165, 1.54) is 41.6 Å². The van der Waals surface area contributed by atoms with Crippen molar-refractivity contribution in [1.82, 2.24) is 0 Å². The van der Waals surface area contributed by atoms with Crippen LogP contribution in [-0.2, 0) is 6.54 Å². The van der Waals surface area contributed by atoms with E-state index in [0.29, 0.717) is 40.0 Å². The van der Waals surface area contributed by atoms with E-state index in [2.05, 4.69) is 5.32 Å². The quantitative estimate of drug-likeness (QED) is 0.524. The van der Waals surface area contributed by atoms with E-state index in [1.807, 2.05) is 0 Å². The average Bonchev–Trinajstić information content (AvgIpc) is 2.70. The monoisotopic (exact) mass is 378 g/mol. The number of rotatable bonds is 9.